The summed E-state index contributed by atoms with van der Waals surface area (Å²) >= 11 is 0. The van der Waals surface area contributed by atoms with E-state index in [9.17, 15) is 4.79 Å². The van der Waals surface area contributed by atoms with E-state index < -0.39 is 5.97 Å². The SMILES string of the molecule is CC/C(C(=O)O)=C1\CC(C)N(C)C1. The van der Waals surface area contributed by atoms with Gasteiger partial charge in [-0.05, 0) is 32.4 Å². The zero-order valence-corrected chi connectivity index (χ0v) is 8.50. The largest absolute Gasteiger partial charge is 0.478 e. The summed E-state index contributed by atoms with van der Waals surface area (Å²) in [5, 5.41) is 8.93. The molecular weight excluding hydrogens is 166 g/mol. The molecule has 74 valence electrons. The van der Waals surface area contributed by atoms with Crippen molar-refractivity contribution in [3.05, 3.63) is 11.1 Å². The second-order valence-electron chi connectivity index (χ2n) is 3.71. The Morgan fingerprint density at radius 3 is 2.62 bits per heavy atom. The molecule has 1 saturated heterocycles. The Kier molecular flexibility index (Phi) is 3.09. The molecule has 1 aliphatic rings. The quantitative estimate of drug-likeness (QED) is 0.659. The van der Waals surface area contributed by atoms with Crippen LogP contribution in [-0.2, 0) is 4.79 Å². The van der Waals surface area contributed by atoms with E-state index in [-0.39, 0.29) is 0 Å². The number of carbonyl (C=O) groups is 1. The van der Waals surface area contributed by atoms with Gasteiger partial charge >= 0.3 is 5.97 Å². The molecule has 13 heavy (non-hydrogen) atoms. The van der Waals surface area contributed by atoms with Crippen molar-refractivity contribution in [2.75, 3.05) is 13.6 Å². The van der Waals surface area contributed by atoms with Crippen LogP contribution < -0.4 is 0 Å². The lowest BCUT2D eigenvalue weighted by Gasteiger charge is -2.11. The molecule has 0 spiro atoms. The van der Waals surface area contributed by atoms with E-state index >= 15 is 0 Å². The summed E-state index contributed by atoms with van der Waals surface area (Å²) in [5.74, 6) is -0.750. The Labute approximate surface area is 79.0 Å². The van der Waals surface area contributed by atoms with Gasteiger partial charge in [0.1, 0.15) is 0 Å². The van der Waals surface area contributed by atoms with Crippen LogP contribution in [0.4, 0.5) is 0 Å². The molecule has 0 saturated carbocycles. The first kappa shape index (κ1) is 10.3. The van der Waals surface area contributed by atoms with E-state index in [1.807, 2.05) is 14.0 Å². The first-order valence-corrected chi connectivity index (χ1v) is 4.70. The summed E-state index contributed by atoms with van der Waals surface area (Å²) in [4.78, 5) is 13.0. The fourth-order valence-corrected chi connectivity index (χ4v) is 1.80. The number of carboxylic acids is 1. The molecule has 0 aliphatic carbocycles. The molecule has 1 N–H and O–H groups in total. The van der Waals surface area contributed by atoms with Crippen molar-refractivity contribution in [2.24, 2.45) is 0 Å². The maximum atomic E-state index is 10.9. The van der Waals surface area contributed by atoms with Gasteiger partial charge in [-0.1, -0.05) is 6.92 Å². The highest BCUT2D eigenvalue weighted by atomic mass is 16.4. The Morgan fingerprint density at radius 1 is 1.69 bits per heavy atom. The predicted molar refractivity (Wildman–Crippen MR) is 51.7 cm³/mol. The smallest absolute Gasteiger partial charge is 0.331 e. The number of rotatable bonds is 2. The zero-order valence-electron chi connectivity index (χ0n) is 8.50. The zero-order chi connectivity index (χ0) is 10.0. The third kappa shape index (κ3) is 2.10. The number of likely N-dealkylation sites (N-methyl/N-ethyl adjacent to an activating group) is 1. The lowest BCUT2D eigenvalue weighted by atomic mass is 10.0. The van der Waals surface area contributed by atoms with E-state index in [1.54, 1.807) is 0 Å². The fourth-order valence-electron chi connectivity index (χ4n) is 1.80. The van der Waals surface area contributed by atoms with Crippen LogP contribution in [0.25, 0.3) is 0 Å². The third-order valence-electron chi connectivity index (χ3n) is 2.77. The van der Waals surface area contributed by atoms with Crippen LogP contribution in [0.3, 0.4) is 0 Å². The predicted octanol–water partition coefficient (Wildman–Crippen LogP) is 1.50. The minimum absolute atomic E-state index is 0.482. The summed E-state index contributed by atoms with van der Waals surface area (Å²) in [6, 6.07) is 0.482. The second kappa shape index (κ2) is 3.92. The van der Waals surface area contributed by atoms with Gasteiger partial charge in [-0.3, -0.25) is 4.90 Å². The normalized spacial score (nSPS) is 27.8. The summed E-state index contributed by atoms with van der Waals surface area (Å²) in [6.45, 7) is 4.85. The van der Waals surface area contributed by atoms with Gasteiger partial charge in [0, 0.05) is 18.2 Å². The van der Waals surface area contributed by atoms with Crippen molar-refractivity contribution in [3.8, 4) is 0 Å². The summed E-state index contributed by atoms with van der Waals surface area (Å²) in [7, 11) is 2.03. The maximum Gasteiger partial charge on any atom is 0.331 e. The first-order valence-electron chi connectivity index (χ1n) is 4.70. The first-order chi connectivity index (χ1) is 6.06. The minimum Gasteiger partial charge on any atom is -0.478 e. The van der Waals surface area contributed by atoms with Crippen LogP contribution in [0.15, 0.2) is 11.1 Å². The highest BCUT2D eigenvalue weighted by molar-refractivity contribution is 5.87. The summed E-state index contributed by atoms with van der Waals surface area (Å²) in [5.41, 5.74) is 1.71. The average Bonchev–Trinajstić information content (AvgIpc) is 2.32. The molecule has 0 aromatic carbocycles. The Bertz CT molecular complexity index is 233. The van der Waals surface area contributed by atoms with Crippen molar-refractivity contribution in [1.29, 1.82) is 0 Å². The molecule has 1 atom stereocenters. The molecule has 3 nitrogen and oxygen atoms in total. The second-order valence-corrected chi connectivity index (χ2v) is 3.71. The molecule has 0 bridgehead atoms. The number of hydrogen-bond acceptors (Lipinski definition) is 2. The van der Waals surface area contributed by atoms with Crippen molar-refractivity contribution in [1.82, 2.24) is 4.90 Å². The van der Waals surface area contributed by atoms with E-state index in [1.165, 1.54) is 0 Å². The molecule has 0 aromatic heterocycles. The molecule has 1 heterocycles. The molecule has 0 radical (unpaired) electrons. The van der Waals surface area contributed by atoms with E-state index in [0.29, 0.717) is 18.0 Å². The van der Waals surface area contributed by atoms with E-state index in [0.717, 1.165) is 18.5 Å². The molecule has 3 heteroatoms. The monoisotopic (exact) mass is 183 g/mol. The Hall–Kier alpha value is -0.830. The van der Waals surface area contributed by atoms with Gasteiger partial charge in [0.25, 0.3) is 0 Å². The van der Waals surface area contributed by atoms with Gasteiger partial charge in [0.05, 0.1) is 0 Å². The summed E-state index contributed by atoms with van der Waals surface area (Å²) in [6.07, 6.45) is 1.54. The standard InChI is InChI=1S/C10H17NO2/c1-4-9(10(12)13)8-5-7(2)11(3)6-8/h7H,4-6H2,1-3H3,(H,12,13)/b9-8-. The molecule has 1 fully saturated rings. The van der Waals surface area contributed by atoms with Gasteiger partial charge < -0.3 is 5.11 Å². The highest BCUT2D eigenvalue weighted by Gasteiger charge is 2.24. The average molecular weight is 183 g/mol. The van der Waals surface area contributed by atoms with Gasteiger partial charge in [-0.15, -0.1) is 0 Å². The Morgan fingerprint density at radius 2 is 2.31 bits per heavy atom. The van der Waals surface area contributed by atoms with E-state index in [2.05, 4.69) is 11.8 Å². The van der Waals surface area contributed by atoms with Crippen molar-refractivity contribution in [3.63, 3.8) is 0 Å². The topological polar surface area (TPSA) is 40.5 Å². The highest BCUT2D eigenvalue weighted by Crippen LogP contribution is 2.24. The minimum atomic E-state index is -0.750. The molecular formula is C10H17NO2. The Balaban J connectivity index is 2.86. The number of likely N-dealkylation sites (tertiary alicyclic amines) is 1. The molecule has 1 aliphatic heterocycles. The molecule has 1 rings (SSSR count). The van der Waals surface area contributed by atoms with Crippen LogP contribution in [0, 0.1) is 0 Å². The van der Waals surface area contributed by atoms with Gasteiger partial charge in [-0.2, -0.15) is 0 Å². The number of nitrogens with zero attached hydrogens (tertiary/aromatic N) is 1. The lowest BCUT2D eigenvalue weighted by molar-refractivity contribution is -0.132. The van der Waals surface area contributed by atoms with Gasteiger partial charge in [0.15, 0.2) is 0 Å². The number of hydrogen-bond donors (Lipinski definition) is 1. The number of aliphatic carboxylic acids is 1. The number of carboxylic acid groups (broad SMARTS) is 1. The van der Waals surface area contributed by atoms with Crippen molar-refractivity contribution in [2.45, 2.75) is 32.7 Å². The van der Waals surface area contributed by atoms with Crippen LogP contribution in [0.2, 0.25) is 0 Å². The fraction of sp³-hybridized carbons (Fsp3) is 0.700. The third-order valence-corrected chi connectivity index (χ3v) is 2.77. The molecule has 1 unspecified atom stereocenters. The van der Waals surface area contributed by atoms with E-state index in [4.69, 9.17) is 5.11 Å². The van der Waals surface area contributed by atoms with Gasteiger partial charge in [-0.25, -0.2) is 4.79 Å². The van der Waals surface area contributed by atoms with Crippen LogP contribution >= 0.6 is 0 Å². The van der Waals surface area contributed by atoms with Crippen LogP contribution in [0.5, 0.6) is 0 Å². The van der Waals surface area contributed by atoms with Crippen LogP contribution in [0.1, 0.15) is 26.7 Å². The van der Waals surface area contributed by atoms with Crippen LogP contribution in [-0.4, -0.2) is 35.6 Å². The molecule has 0 amide bonds. The maximum absolute atomic E-state index is 10.9. The summed E-state index contributed by atoms with van der Waals surface area (Å²) < 4.78 is 0. The molecule has 0 aromatic rings. The van der Waals surface area contributed by atoms with Crippen molar-refractivity contribution < 1.29 is 9.90 Å². The van der Waals surface area contributed by atoms with Gasteiger partial charge in [0.2, 0.25) is 0 Å². The lowest BCUT2D eigenvalue weighted by Crippen LogP contribution is -2.21. The van der Waals surface area contributed by atoms with Crippen molar-refractivity contribution >= 4 is 5.97 Å².